The molecule has 3 nitrogen and oxygen atoms in total. The Hall–Kier alpha value is -1.33. The molecule has 0 radical (unpaired) electrons. The molecule has 0 aliphatic rings. The lowest BCUT2D eigenvalue weighted by molar-refractivity contribution is 0.0607. The Morgan fingerprint density at radius 1 is 1.35 bits per heavy atom. The summed E-state index contributed by atoms with van der Waals surface area (Å²) in [6.07, 6.45) is 1.02. The zero-order chi connectivity index (χ0) is 14.9. The number of ether oxygens (including phenoxy) is 1. The smallest absolute Gasteiger partial charge is 0.350 e. The fourth-order valence-electron chi connectivity index (χ4n) is 2.15. The third-order valence-corrected chi connectivity index (χ3v) is 5.78. The molecule has 20 heavy (non-hydrogen) atoms. The second-order valence-corrected chi connectivity index (χ2v) is 7.04. The molecule has 0 fully saturated rings. The van der Waals surface area contributed by atoms with E-state index in [1.165, 1.54) is 28.2 Å². The van der Waals surface area contributed by atoms with Gasteiger partial charge in [-0.05, 0) is 30.0 Å². The van der Waals surface area contributed by atoms with E-state index in [-0.39, 0.29) is 11.9 Å². The van der Waals surface area contributed by atoms with Crippen molar-refractivity contribution in [2.24, 2.45) is 0 Å². The van der Waals surface area contributed by atoms with E-state index in [1.54, 1.807) is 11.3 Å². The molecular formula is C15H19NO2S2. The van der Waals surface area contributed by atoms with Gasteiger partial charge in [0.05, 0.1) is 17.7 Å². The first kappa shape index (κ1) is 15.1. The lowest BCUT2D eigenvalue weighted by atomic mass is 10.0. The van der Waals surface area contributed by atoms with E-state index in [9.17, 15) is 4.79 Å². The van der Waals surface area contributed by atoms with Gasteiger partial charge < -0.3 is 10.5 Å². The zero-order valence-corrected chi connectivity index (χ0v) is 13.8. The van der Waals surface area contributed by atoms with Crippen LogP contribution >= 0.6 is 22.7 Å². The highest BCUT2D eigenvalue weighted by atomic mass is 32.1. The molecule has 2 heterocycles. The van der Waals surface area contributed by atoms with Crippen LogP contribution in [0.4, 0.5) is 5.69 Å². The van der Waals surface area contributed by atoms with Crippen molar-refractivity contribution in [3.63, 3.8) is 0 Å². The van der Waals surface area contributed by atoms with E-state index in [2.05, 4.69) is 32.9 Å². The van der Waals surface area contributed by atoms with Crippen LogP contribution in [-0.4, -0.2) is 13.1 Å². The maximum absolute atomic E-state index is 11.8. The van der Waals surface area contributed by atoms with Gasteiger partial charge in [-0.2, -0.15) is 0 Å². The number of methoxy groups -OCH3 is 1. The largest absolute Gasteiger partial charge is 0.465 e. The number of esters is 1. The number of rotatable bonds is 4. The van der Waals surface area contributed by atoms with Crippen molar-refractivity contribution in [1.82, 2.24) is 0 Å². The normalized spacial score (nSPS) is 11.1. The van der Waals surface area contributed by atoms with Gasteiger partial charge in [0.2, 0.25) is 0 Å². The van der Waals surface area contributed by atoms with Crippen LogP contribution in [-0.2, 0) is 11.2 Å². The van der Waals surface area contributed by atoms with Crippen LogP contribution in [0.15, 0.2) is 12.1 Å². The minimum absolute atomic E-state index is 0.270. The summed E-state index contributed by atoms with van der Waals surface area (Å²) in [6, 6.07) is 4.25. The Kier molecular flexibility index (Phi) is 4.50. The number of nitrogen functional groups attached to an aromatic ring is 1. The molecule has 0 atom stereocenters. The molecule has 0 aromatic carbocycles. The van der Waals surface area contributed by atoms with Gasteiger partial charge in [-0.3, -0.25) is 0 Å². The monoisotopic (exact) mass is 309 g/mol. The van der Waals surface area contributed by atoms with Gasteiger partial charge in [0.25, 0.3) is 0 Å². The second-order valence-electron chi connectivity index (χ2n) is 4.85. The topological polar surface area (TPSA) is 52.3 Å². The molecule has 0 saturated carbocycles. The summed E-state index contributed by atoms with van der Waals surface area (Å²) in [4.78, 5) is 16.0. The maximum Gasteiger partial charge on any atom is 0.350 e. The van der Waals surface area contributed by atoms with Crippen LogP contribution in [0.25, 0.3) is 9.75 Å². The first-order valence-electron chi connectivity index (χ1n) is 6.59. The summed E-state index contributed by atoms with van der Waals surface area (Å²) < 4.78 is 4.82. The van der Waals surface area contributed by atoms with Crippen LogP contribution in [0.3, 0.4) is 0 Å². The van der Waals surface area contributed by atoms with Gasteiger partial charge >= 0.3 is 5.97 Å². The van der Waals surface area contributed by atoms with Crippen LogP contribution < -0.4 is 5.73 Å². The van der Waals surface area contributed by atoms with E-state index in [1.807, 2.05) is 0 Å². The standard InChI is InChI=1S/C15H19NO2S2/c1-5-9-6-7-10(19-9)13-11(8(2)3)12(16)14(20-13)15(17)18-4/h6-8H,5,16H2,1-4H3. The predicted molar refractivity (Wildman–Crippen MR) is 86.9 cm³/mol. The molecule has 0 saturated heterocycles. The number of thiophene rings is 2. The minimum Gasteiger partial charge on any atom is -0.465 e. The summed E-state index contributed by atoms with van der Waals surface area (Å²) in [6.45, 7) is 6.33. The molecule has 2 aromatic rings. The summed E-state index contributed by atoms with van der Waals surface area (Å²) in [5.74, 6) is -0.0836. The third kappa shape index (κ3) is 2.60. The highest BCUT2D eigenvalue weighted by molar-refractivity contribution is 7.23. The number of hydrogen-bond acceptors (Lipinski definition) is 5. The molecule has 0 spiro atoms. The number of anilines is 1. The number of aryl methyl sites for hydroxylation is 1. The SMILES string of the molecule is CCc1ccc(-c2sc(C(=O)OC)c(N)c2C(C)C)s1. The highest BCUT2D eigenvalue weighted by Gasteiger charge is 2.24. The minimum atomic E-state index is -0.354. The highest BCUT2D eigenvalue weighted by Crippen LogP contribution is 2.45. The Balaban J connectivity index is 2.59. The van der Waals surface area contributed by atoms with Gasteiger partial charge in [-0.15, -0.1) is 22.7 Å². The maximum atomic E-state index is 11.8. The van der Waals surface area contributed by atoms with E-state index >= 15 is 0 Å². The molecule has 2 aromatic heterocycles. The van der Waals surface area contributed by atoms with Crippen molar-refractivity contribution in [3.8, 4) is 9.75 Å². The first-order valence-corrected chi connectivity index (χ1v) is 8.22. The second kappa shape index (κ2) is 5.97. The number of carbonyl (C=O) groups excluding carboxylic acids is 1. The third-order valence-electron chi connectivity index (χ3n) is 3.17. The van der Waals surface area contributed by atoms with Gasteiger partial charge in [0.1, 0.15) is 4.88 Å². The Labute approximate surface area is 127 Å². The molecule has 0 aliphatic carbocycles. The Morgan fingerprint density at radius 2 is 2.05 bits per heavy atom. The fraction of sp³-hybridized carbons (Fsp3) is 0.400. The molecule has 108 valence electrons. The average molecular weight is 309 g/mol. The van der Waals surface area contributed by atoms with Gasteiger partial charge in [-0.25, -0.2) is 4.79 Å². The quantitative estimate of drug-likeness (QED) is 0.844. The van der Waals surface area contributed by atoms with Crippen LogP contribution in [0.1, 0.15) is 46.8 Å². The van der Waals surface area contributed by atoms with E-state index in [0.717, 1.165) is 16.9 Å². The average Bonchev–Trinajstić information content (AvgIpc) is 3.01. The van der Waals surface area contributed by atoms with Crippen molar-refractivity contribution in [2.75, 3.05) is 12.8 Å². The summed E-state index contributed by atoms with van der Waals surface area (Å²) in [5, 5.41) is 0. The zero-order valence-electron chi connectivity index (χ0n) is 12.1. The van der Waals surface area contributed by atoms with E-state index in [4.69, 9.17) is 10.5 Å². The van der Waals surface area contributed by atoms with Crippen molar-refractivity contribution >= 4 is 34.3 Å². The van der Waals surface area contributed by atoms with Crippen molar-refractivity contribution in [3.05, 3.63) is 27.5 Å². The Morgan fingerprint density at radius 3 is 2.55 bits per heavy atom. The summed E-state index contributed by atoms with van der Waals surface area (Å²) in [7, 11) is 1.39. The van der Waals surface area contributed by atoms with Crippen molar-refractivity contribution in [1.29, 1.82) is 0 Å². The molecule has 0 amide bonds. The summed E-state index contributed by atoms with van der Waals surface area (Å²) >= 11 is 3.20. The van der Waals surface area contributed by atoms with Crippen molar-refractivity contribution in [2.45, 2.75) is 33.1 Å². The van der Waals surface area contributed by atoms with Crippen molar-refractivity contribution < 1.29 is 9.53 Å². The van der Waals surface area contributed by atoms with E-state index in [0.29, 0.717) is 10.6 Å². The fourth-order valence-corrected chi connectivity index (χ4v) is 4.51. The lowest BCUT2D eigenvalue weighted by Crippen LogP contribution is -2.03. The van der Waals surface area contributed by atoms with Gasteiger partial charge in [-0.1, -0.05) is 20.8 Å². The molecule has 0 bridgehead atoms. The van der Waals surface area contributed by atoms with Gasteiger partial charge in [0.15, 0.2) is 0 Å². The lowest BCUT2D eigenvalue weighted by Gasteiger charge is -2.07. The number of nitrogens with two attached hydrogens (primary N) is 1. The molecule has 5 heteroatoms. The van der Waals surface area contributed by atoms with E-state index < -0.39 is 0 Å². The molecule has 0 aliphatic heterocycles. The first-order chi connectivity index (χ1) is 9.49. The molecule has 0 unspecified atom stereocenters. The van der Waals surface area contributed by atoms with Crippen LogP contribution in [0.5, 0.6) is 0 Å². The molecule has 2 N–H and O–H groups in total. The molecule has 2 rings (SSSR count). The Bertz CT molecular complexity index is 626. The molecular weight excluding hydrogens is 290 g/mol. The number of hydrogen-bond donors (Lipinski definition) is 1. The van der Waals surface area contributed by atoms with Crippen LogP contribution in [0.2, 0.25) is 0 Å². The number of carbonyl (C=O) groups is 1. The predicted octanol–water partition coefficient (Wildman–Crippen LogP) is 4.53. The van der Waals surface area contributed by atoms with Gasteiger partial charge in [0, 0.05) is 9.75 Å². The van der Waals surface area contributed by atoms with Crippen LogP contribution in [0, 0.1) is 0 Å². The summed E-state index contributed by atoms with van der Waals surface area (Å²) in [5.41, 5.74) is 7.80.